The molecule has 0 atom stereocenters. The molecule has 1 nitrogen and oxygen atoms in total. The second kappa shape index (κ2) is 8.84. The maximum Gasteiger partial charge on any atom is 0.0721 e. The molecule has 21 heavy (non-hydrogen) atoms. The lowest BCUT2D eigenvalue weighted by Crippen LogP contribution is -2.11. The van der Waals surface area contributed by atoms with Crippen LogP contribution in [0.5, 0.6) is 0 Å². The zero-order valence-corrected chi connectivity index (χ0v) is 13.3. The summed E-state index contributed by atoms with van der Waals surface area (Å²) >= 11 is 0. The third-order valence-corrected chi connectivity index (χ3v) is 4.37. The van der Waals surface area contributed by atoms with E-state index in [1.54, 1.807) is 6.08 Å². The highest BCUT2D eigenvalue weighted by atomic mass is 16.5. The largest absolute Gasteiger partial charge is 0.373 e. The van der Waals surface area contributed by atoms with Crippen LogP contribution in [0.4, 0.5) is 0 Å². The second-order valence-electron chi connectivity index (χ2n) is 5.99. The van der Waals surface area contributed by atoms with E-state index in [2.05, 4.69) is 49.9 Å². The van der Waals surface area contributed by atoms with Gasteiger partial charge in [0.05, 0.1) is 13.2 Å². The highest BCUT2D eigenvalue weighted by molar-refractivity contribution is 5.25. The van der Waals surface area contributed by atoms with Crippen LogP contribution in [-0.4, -0.2) is 6.61 Å². The van der Waals surface area contributed by atoms with Crippen LogP contribution in [0.2, 0.25) is 0 Å². The van der Waals surface area contributed by atoms with E-state index in [-0.39, 0.29) is 0 Å². The van der Waals surface area contributed by atoms with Gasteiger partial charge in [0.1, 0.15) is 0 Å². The molecule has 0 heterocycles. The van der Waals surface area contributed by atoms with Crippen LogP contribution in [-0.2, 0) is 11.3 Å². The quantitative estimate of drug-likeness (QED) is 0.466. The van der Waals surface area contributed by atoms with Gasteiger partial charge in [0.25, 0.3) is 0 Å². The Labute approximate surface area is 129 Å². The summed E-state index contributed by atoms with van der Waals surface area (Å²) in [5, 5.41) is 0. The fraction of sp³-hybridized carbons (Fsp3) is 0.500. The van der Waals surface area contributed by atoms with Crippen LogP contribution in [0.1, 0.15) is 56.1 Å². The number of rotatable bonds is 7. The first-order valence-electron chi connectivity index (χ1n) is 8.27. The van der Waals surface area contributed by atoms with Gasteiger partial charge >= 0.3 is 0 Å². The minimum absolute atomic E-state index is 0.622. The lowest BCUT2D eigenvalue weighted by atomic mass is 9.78. The van der Waals surface area contributed by atoms with Crippen molar-refractivity contribution in [3.63, 3.8) is 0 Å². The molecule has 1 fully saturated rings. The number of ether oxygens (including phenoxy) is 1. The van der Waals surface area contributed by atoms with E-state index in [9.17, 15) is 0 Å². The van der Waals surface area contributed by atoms with E-state index < -0.39 is 0 Å². The number of benzene rings is 1. The van der Waals surface area contributed by atoms with Crippen molar-refractivity contribution in [2.75, 3.05) is 6.61 Å². The Balaban J connectivity index is 1.83. The average molecular weight is 284 g/mol. The number of allylic oxidation sites excluding steroid dienone is 2. The zero-order valence-electron chi connectivity index (χ0n) is 13.3. The molecule has 0 amide bonds. The lowest BCUT2D eigenvalue weighted by Gasteiger charge is -2.27. The molecule has 114 valence electrons. The van der Waals surface area contributed by atoms with Gasteiger partial charge in [-0.05, 0) is 55.1 Å². The van der Waals surface area contributed by atoms with Gasteiger partial charge in [0.2, 0.25) is 0 Å². The number of hydrogen-bond donors (Lipinski definition) is 0. The van der Waals surface area contributed by atoms with E-state index in [1.807, 2.05) is 0 Å². The maximum absolute atomic E-state index is 5.48. The highest BCUT2D eigenvalue weighted by Gasteiger charge is 2.20. The highest BCUT2D eigenvalue weighted by Crippen LogP contribution is 2.36. The van der Waals surface area contributed by atoms with Crippen molar-refractivity contribution in [3.05, 3.63) is 60.2 Å². The van der Waals surface area contributed by atoms with Crippen molar-refractivity contribution >= 4 is 0 Å². The molecule has 0 saturated heterocycles. The first-order chi connectivity index (χ1) is 10.3. The van der Waals surface area contributed by atoms with Crippen molar-refractivity contribution < 1.29 is 4.74 Å². The Kier molecular flexibility index (Phi) is 6.75. The molecule has 0 aromatic heterocycles. The first-order valence-corrected chi connectivity index (χ1v) is 8.27. The number of hydrogen-bond acceptors (Lipinski definition) is 1. The standard InChI is InChI=1S/C20H28O/c1-3-5-6-17-7-11-19(12-8-17)20-13-9-18(10-14-20)16-21-15-4-2/h4-6,9-10,13-14,17,19H,2-3,7-8,11-12,15-16H2,1H3/t17-,19-. The molecule has 1 aromatic rings. The van der Waals surface area contributed by atoms with E-state index in [0.717, 1.165) is 18.3 Å². The topological polar surface area (TPSA) is 9.23 Å². The molecule has 1 aliphatic rings. The van der Waals surface area contributed by atoms with Gasteiger partial charge in [-0.1, -0.05) is 49.4 Å². The van der Waals surface area contributed by atoms with E-state index in [0.29, 0.717) is 13.2 Å². The summed E-state index contributed by atoms with van der Waals surface area (Å²) in [5.74, 6) is 1.56. The van der Waals surface area contributed by atoms with Crippen molar-refractivity contribution in [2.45, 2.75) is 51.6 Å². The van der Waals surface area contributed by atoms with Gasteiger partial charge in [-0.3, -0.25) is 0 Å². The van der Waals surface area contributed by atoms with Crippen molar-refractivity contribution in [1.29, 1.82) is 0 Å². The predicted octanol–water partition coefficient (Wildman–Crippen LogP) is 5.63. The average Bonchev–Trinajstić information content (AvgIpc) is 2.54. The summed E-state index contributed by atoms with van der Waals surface area (Å²) in [6.07, 6.45) is 13.0. The van der Waals surface area contributed by atoms with Gasteiger partial charge < -0.3 is 4.74 Å². The molecule has 0 aliphatic heterocycles. The van der Waals surface area contributed by atoms with Gasteiger partial charge in [-0.25, -0.2) is 0 Å². The normalized spacial score (nSPS) is 22.5. The summed E-state index contributed by atoms with van der Waals surface area (Å²) < 4.78 is 5.48. The predicted molar refractivity (Wildman–Crippen MR) is 90.4 cm³/mol. The van der Waals surface area contributed by atoms with Crippen molar-refractivity contribution in [2.24, 2.45) is 5.92 Å². The third kappa shape index (κ3) is 5.17. The van der Waals surface area contributed by atoms with Crippen LogP contribution in [0.25, 0.3) is 0 Å². The van der Waals surface area contributed by atoms with Crippen LogP contribution in [0.15, 0.2) is 49.1 Å². The Bertz CT molecular complexity index is 435. The molecule has 1 saturated carbocycles. The smallest absolute Gasteiger partial charge is 0.0721 e. The van der Waals surface area contributed by atoms with Crippen LogP contribution >= 0.6 is 0 Å². The molecule has 0 N–H and O–H groups in total. The molecule has 0 bridgehead atoms. The minimum atomic E-state index is 0.622. The van der Waals surface area contributed by atoms with Gasteiger partial charge in [-0.2, -0.15) is 0 Å². The van der Waals surface area contributed by atoms with Crippen molar-refractivity contribution in [3.8, 4) is 0 Å². The molecule has 0 unspecified atom stereocenters. The summed E-state index contributed by atoms with van der Waals surface area (Å²) in [5.41, 5.74) is 2.75. The Hall–Kier alpha value is -1.34. The Morgan fingerprint density at radius 2 is 1.86 bits per heavy atom. The van der Waals surface area contributed by atoms with E-state index in [1.165, 1.54) is 36.8 Å². The zero-order chi connectivity index (χ0) is 14.9. The van der Waals surface area contributed by atoms with Gasteiger partial charge in [-0.15, -0.1) is 6.58 Å². The molecule has 0 radical (unpaired) electrons. The summed E-state index contributed by atoms with van der Waals surface area (Å²) in [6.45, 7) is 7.18. The molecule has 0 spiro atoms. The van der Waals surface area contributed by atoms with Crippen molar-refractivity contribution in [1.82, 2.24) is 0 Å². The van der Waals surface area contributed by atoms with E-state index in [4.69, 9.17) is 4.74 Å². The summed E-state index contributed by atoms with van der Waals surface area (Å²) in [4.78, 5) is 0. The molecule has 1 aromatic carbocycles. The first kappa shape index (κ1) is 16.0. The molecular weight excluding hydrogens is 256 g/mol. The van der Waals surface area contributed by atoms with Crippen LogP contribution in [0.3, 0.4) is 0 Å². The summed E-state index contributed by atoms with van der Waals surface area (Å²) in [7, 11) is 0. The fourth-order valence-electron chi connectivity index (χ4n) is 3.12. The third-order valence-electron chi connectivity index (χ3n) is 4.37. The lowest BCUT2D eigenvalue weighted by molar-refractivity contribution is 0.149. The SMILES string of the molecule is C=CCOCc1ccc([C@H]2CC[C@H](C=CCC)CC2)cc1. The molecule has 2 rings (SSSR count). The van der Waals surface area contributed by atoms with Crippen LogP contribution in [0, 0.1) is 5.92 Å². The van der Waals surface area contributed by atoms with Crippen LogP contribution < -0.4 is 0 Å². The second-order valence-corrected chi connectivity index (χ2v) is 5.99. The van der Waals surface area contributed by atoms with E-state index >= 15 is 0 Å². The molecule has 1 heteroatoms. The summed E-state index contributed by atoms with van der Waals surface area (Å²) in [6, 6.07) is 9.00. The Morgan fingerprint density at radius 3 is 2.48 bits per heavy atom. The monoisotopic (exact) mass is 284 g/mol. The minimum Gasteiger partial charge on any atom is -0.373 e. The fourth-order valence-corrected chi connectivity index (χ4v) is 3.12. The maximum atomic E-state index is 5.48. The molecule has 1 aliphatic carbocycles. The Morgan fingerprint density at radius 1 is 1.14 bits per heavy atom. The van der Waals surface area contributed by atoms with Gasteiger partial charge in [0, 0.05) is 0 Å². The molecular formula is C20H28O. The van der Waals surface area contributed by atoms with Gasteiger partial charge in [0.15, 0.2) is 0 Å².